The van der Waals surface area contributed by atoms with Crippen molar-refractivity contribution in [2.75, 3.05) is 19.6 Å². The number of nitrogens with one attached hydrogen (secondary N) is 1. The second-order valence-electron chi connectivity index (χ2n) is 6.19. The number of nitrogens with zero attached hydrogens (tertiary/aromatic N) is 2. The van der Waals surface area contributed by atoms with Gasteiger partial charge in [0.1, 0.15) is 5.60 Å². The van der Waals surface area contributed by atoms with Crippen LogP contribution in [0.2, 0.25) is 0 Å². The highest BCUT2D eigenvalue weighted by Gasteiger charge is 2.28. The molecule has 1 aliphatic rings. The molecule has 0 bridgehead atoms. The van der Waals surface area contributed by atoms with Crippen LogP contribution in [-0.2, 0) is 4.74 Å². The predicted molar refractivity (Wildman–Crippen MR) is 77.5 cm³/mol. The maximum atomic E-state index is 12.1. The van der Waals surface area contributed by atoms with E-state index in [0.717, 1.165) is 17.8 Å². The maximum Gasteiger partial charge on any atom is 0.410 e. The number of aryl methyl sites for hydroxylation is 1. The number of ether oxygens (including phenoxy) is 1. The normalized spacial score (nSPS) is 19.8. The Morgan fingerprint density at radius 1 is 1.45 bits per heavy atom. The van der Waals surface area contributed by atoms with Gasteiger partial charge < -0.3 is 15.0 Å². The zero-order valence-corrected chi connectivity index (χ0v) is 12.6. The van der Waals surface area contributed by atoms with Crippen LogP contribution in [-0.4, -0.2) is 41.2 Å². The average Bonchev–Trinajstić information content (AvgIpc) is 2.38. The lowest BCUT2D eigenvalue weighted by molar-refractivity contribution is 0.0194. The molecule has 1 amide bonds. The molecule has 110 valence electrons. The average molecular weight is 277 g/mol. The van der Waals surface area contributed by atoms with Gasteiger partial charge in [0.05, 0.1) is 11.7 Å². The van der Waals surface area contributed by atoms with Gasteiger partial charge in [0.25, 0.3) is 0 Å². The summed E-state index contributed by atoms with van der Waals surface area (Å²) in [5.41, 5.74) is 1.64. The van der Waals surface area contributed by atoms with E-state index in [-0.39, 0.29) is 12.1 Å². The Bertz CT molecular complexity index is 465. The van der Waals surface area contributed by atoms with Crippen molar-refractivity contribution in [3.63, 3.8) is 0 Å². The SMILES string of the molecule is Cc1ccc(C2CN(C(=O)OC(C)(C)C)CCN2)nc1. The molecule has 0 radical (unpaired) electrons. The van der Waals surface area contributed by atoms with E-state index in [1.807, 2.05) is 46.0 Å². The number of piperazine rings is 1. The zero-order valence-electron chi connectivity index (χ0n) is 12.6. The Labute approximate surface area is 120 Å². The van der Waals surface area contributed by atoms with Gasteiger partial charge >= 0.3 is 6.09 Å². The molecule has 2 rings (SSSR count). The Morgan fingerprint density at radius 3 is 2.80 bits per heavy atom. The summed E-state index contributed by atoms with van der Waals surface area (Å²) in [5.74, 6) is 0. The van der Waals surface area contributed by atoms with Crippen molar-refractivity contribution in [2.24, 2.45) is 0 Å². The van der Waals surface area contributed by atoms with E-state index in [1.165, 1.54) is 0 Å². The summed E-state index contributed by atoms with van der Waals surface area (Å²) in [4.78, 5) is 18.3. The van der Waals surface area contributed by atoms with Gasteiger partial charge in [-0.3, -0.25) is 4.98 Å². The van der Waals surface area contributed by atoms with Gasteiger partial charge in [0.2, 0.25) is 0 Å². The minimum Gasteiger partial charge on any atom is -0.444 e. The lowest BCUT2D eigenvalue weighted by Crippen LogP contribution is -2.49. The first-order valence-electron chi connectivity index (χ1n) is 6.99. The summed E-state index contributed by atoms with van der Waals surface area (Å²) >= 11 is 0. The minimum absolute atomic E-state index is 0.0665. The lowest BCUT2D eigenvalue weighted by atomic mass is 10.1. The largest absolute Gasteiger partial charge is 0.444 e. The third-order valence-electron chi connectivity index (χ3n) is 3.12. The number of carbonyl (C=O) groups excluding carboxylic acids is 1. The van der Waals surface area contributed by atoms with Gasteiger partial charge in [-0.15, -0.1) is 0 Å². The lowest BCUT2D eigenvalue weighted by Gasteiger charge is -2.34. The third kappa shape index (κ3) is 3.93. The molecule has 0 saturated carbocycles. The first kappa shape index (κ1) is 14.8. The van der Waals surface area contributed by atoms with Crippen molar-refractivity contribution in [3.8, 4) is 0 Å². The van der Waals surface area contributed by atoms with E-state index in [1.54, 1.807) is 4.90 Å². The molecular weight excluding hydrogens is 254 g/mol. The summed E-state index contributed by atoms with van der Waals surface area (Å²) in [7, 11) is 0. The second kappa shape index (κ2) is 5.79. The summed E-state index contributed by atoms with van der Waals surface area (Å²) in [6, 6.07) is 4.11. The van der Waals surface area contributed by atoms with Crippen molar-refractivity contribution in [2.45, 2.75) is 39.3 Å². The van der Waals surface area contributed by atoms with Gasteiger partial charge in [0.15, 0.2) is 0 Å². The van der Waals surface area contributed by atoms with Crippen molar-refractivity contribution in [3.05, 3.63) is 29.6 Å². The third-order valence-corrected chi connectivity index (χ3v) is 3.12. The van der Waals surface area contributed by atoms with Gasteiger partial charge in [-0.2, -0.15) is 0 Å². The molecule has 2 heterocycles. The molecule has 0 aliphatic carbocycles. The van der Waals surface area contributed by atoms with E-state index in [9.17, 15) is 4.79 Å². The quantitative estimate of drug-likeness (QED) is 0.855. The summed E-state index contributed by atoms with van der Waals surface area (Å²) in [6.07, 6.45) is 1.60. The number of hydrogen-bond donors (Lipinski definition) is 1. The molecule has 1 aromatic rings. The van der Waals surface area contributed by atoms with E-state index < -0.39 is 5.60 Å². The minimum atomic E-state index is -0.459. The summed E-state index contributed by atoms with van der Waals surface area (Å²) in [6.45, 7) is 9.66. The van der Waals surface area contributed by atoms with Gasteiger partial charge in [-0.25, -0.2) is 4.79 Å². The molecule has 5 nitrogen and oxygen atoms in total. The highest BCUT2D eigenvalue weighted by molar-refractivity contribution is 5.68. The summed E-state index contributed by atoms with van der Waals surface area (Å²) < 4.78 is 5.42. The number of rotatable bonds is 1. The van der Waals surface area contributed by atoms with Crippen molar-refractivity contribution in [1.29, 1.82) is 0 Å². The molecule has 0 spiro atoms. The van der Waals surface area contributed by atoms with Crippen molar-refractivity contribution < 1.29 is 9.53 Å². The highest BCUT2D eigenvalue weighted by atomic mass is 16.6. The van der Waals surface area contributed by atoms with Crippen LogP contribution in [0.3, 0.4) is 0 Å². The number of carbonyl (C=O) groups is 1. The van der Waals surface area contributed by atoms with Crippen molar-refractivity contribution >= 4 is 6.09 Å². The molecule has 1 atom stereocenters. The number of aromatic nitrogens is 1. The molecule has 1 unspecified atom stereocenters. The molecular formula is C15H23N3O2. The Kier molecular flexibility index (Phi) is 4.28. The van der Waals surface area contributed by atoms with Crippen LogP contribution in [0.4, 0.5) is 4.79 Å². The van der Waals surface area contributed by atoms with Crippen LogP contribution >= 0.6 is 0 Å². The predicted octanol–water partition coefficient (Wildman–Crippen LogP) is 2.27. The number of pyridine rings is 1. The fourth-order valence-electron chi connectivity index (χ4n) is 2.13. The topological polar surface area (TPSA) is 54.5 Å². The first-order chi connectivity index (χ1) is 9.35. The smallest absolute Gasteiger partial charge is 0.410 e. The highest BCUT2D eigenvalue weighted by Crippen LogP contribution is 2.18. The van der Waals surface area contributed by atoms with Crippen LogP contribution in [0, 0.1) is 6.92 Å². The second-order valence-corrected chi connectivity index (χ2v) is 6.19. The fraction of sp³-hybridized carbons (Fsp3) is 0.600. The van der Waals surface area contributed by atoms with Gasteiger partial charge in [-0.05, 0) is 39.3 Å². The Balaban J connectivity index is 2.01. The molecule has 0 aromatic carbocycles. The molecule has 20 heavy (non-hydrogen) atoms. The molecule has 1 saturated heterocycles. The number of hydrogen-bond acceptors (Lipinski definition) is 4. The molecule has 1 aliphatic heterocycles. The molecule has 1 fully saturated rings. The Morgan fingerprint density at radius 2 is 2.20 bits per heavy atom. The maximum absolute atomic E-state index is 12.1. The Hall–Kier alpha value is -1.62. The van der Waals surface area contributed by atoms with Gasteiger partial charge in [-0.1, -0.05) is 6.07 Å². The standard InChI is InChI=1S/C15H23N3O2/c1-11-5-6-12(17-9-11)13-10-18(8-7-16-13)14(19)20-15(2,3)4/h5-6,9,13,16H,7-8,10H2,1-4H3. The van der Waals surface area contributed by atoms with Crippen LogP contribution in [0.15, 0.2) is 18.3 Å². The van der Waals surface area contributed by atoms with Crippen LogP contribution < -0.4 is 5.32 Å². The molecule has 1 aromatic heterocycles. The summed E-state index contributed by atoms with van der Waals surface area (Å²) in [5, 5.41) is 3.39. The first-order valence-corrected chi connectivity index (χ1v) is 6.99. The van der Waals surface area contributed by atoms with E-state index in [0.29, 0.717) is 13.1 Å². The van der Waals surface area contributed by atoms with Crippen LogP contribution in [0.5, 0.6) is 0 Å². The van der Waals surface area contributed by atoms with E-state index in [2.05, 4.69) is 10.3 Å². The molecule has 1 N–H and O–H groups in total. The van der Waals surface area contributed by atoms with Gasteiger partial charge in [0, 0.05) is 25.8 Å². The zero-order chi connectivity index (χ0) is 14.8. The van der Waals surface area contributed by atoms with E-state index in [4.69, 9.17) is 4.74 Å². The van der Waals surface area contributed by atoms with Crippen LogP contribution in [0.1, 0.15) is 38.1 Å². The van der Waals surface area contributed by atoms with E-state index >= 15 is 0 Å². The van der Waals surface area contributed by atoms with Crippen molar-refractivity contribution in [1.82, 2.24) is 15.2 Å². The number of amides is 1. The fourth-order valence-corrected chi connectivity index (χ4v) is 2.13. The molecule has 5 heteroatoms. The van der Waals surface area contributed by atoms with Crippen LogP contribution in [0.25, 0.3) is 0 Å². The monoisotopic (exact) mass is 277 g/mol.